The number of amides is 1. The summed E-state index contributed by atoms with van der Waals surface area (Å²) in [7, 11) is 0. The lowest BCUT2D eigenvalue weighted by Gasteiger charge is -2.10. The first kappa shape index (κ1) is 21.2. The molecule has 0 unspecified atom stereocenters. The summed E-state index contributed by atoms with van der Waals surface area (Å²) in [6.07, 6.45) is 0.467. The summed E-state index contributed by atoms with van der Waals surface area (Å²) >= 11 is 17.3. The fourth-order valence-corrected chi connectivity index (χ4v) is 3.63. The van der Waals surface area contributed by atoms with E-state index >= 15 is 0 Å². The number of anilines is 1. The Labute approximate surface area is 192 Å². The molecular formula is C22H14Cl2FN3O2S. The van der Waals surface area contributed by atoms with Gasteiger partial charge in [-0.25, -0.2) is 9.37 Å². The molecule has 0 aliphatic heterocycles. The summed E-state index contributed by atoms with van der Waals surface area (Å²) in [5.41, 5.74) is 3.07. The summed E-state index contributed by atoms with van der Waals surface area (Å²) in [6.45, 7) is 0. The third-order valence-corrected chi connectivity index (χ3v) is 5.06. The minimum atomic E-state index is -0.427. The molecule has 31 heavy (non-hydrogen) atoms. The van der Waals surface area contributed by atoms with Crippen molar-refractivity contribution < 1.29 is 13.6 Å². The first-order valence-corrected chi connectivity index (χ1v) is 10.2. The maximum atomic E-state index is 13.0. The van der Waals surface area contributed by atoms with E-state index in [4.69, 9.17) is 39.8 Å². The quantitative estimate of drug-likeness (QED) is 0.356. The number of aromatic nitrogens is 1. The third kappa shape index (κ3) is 5.19. The molecule has 156 valence electrons. The van der Waals surface area contributed by atoms with Crippen molar-refractivity contribution in [3.8, 4) is 0 Å². The van der Waals surface area contributed by atoms with Gasteiger partial charge in [-0.1, -0.05) is 35.3 Å². The van der Waals surface area contributed by atoms with Crippen LogP contribution in [0.1, 0.15) is 21.8 Å². The number of thiocarbonyl (C=S) groups is 1. The molecule has 4 rings (SSSR count). The van der Waals surface area contributed by atoms with Crippen molar-refractivity contribution in [3.63, 3.8) is 0 Å². The fraction of sp³-hybridized carbons (Fsp3) is 0.0455. The molecule has 1 amide bonds. The largest absolute Gasteiger partial charge is 0.439 e. The second-order valence-corrected chi connectivity index (χ2v) is 7.88. The van der Waals surface area contributed by atoms with Crippen LogP contribution >= 0.6 is 35.4 Å². The maximum absolute atomic E-state index is 13.0. The van der Waals surface area contributed by atoms with Gasteiger partial charge in [0.2, 0.25) is 0 Å². The SMILES string of the molecule is O=C(NC(=S)Nc1ccc(Cc2nc3cc(Cl)cc(Cl)c3o2)cc1)c1ccc(F)cc1. The normalized spacial score (nSPS) is 10.8. The molecule has 2 N–H and O–H groups in total. The van der Waals surface area contributed by atoms with Gasteiger partial charge in [-0.2, -0.15) is 0 Å². The molecule has 1 aromatic heterocycles. The van der Waals surface area contributed by atoms with Gasteiger partial charge in [0.25, 0.3) is 5.91 Å². The van der Waals surface area contributed by atoms with Gasteiger partial charge in [-0.3, -0.25) is 10.1 Å². The van der Waals surface area contributed by atoms with Crippen LogP contribution in [0.4, 0.5) is 10.1 Å². The average Bonchev–Trinajstić information content (AvgIpc) is 3.12. The Hall–Kier alpha value is -3.00. The Morgan fingerprint density at radius 1 is 1.06 bits per heavy atom. The van der Waals surface area contributed by atoms with Gasteiger partial charge in [0.15, 0.2) is 16.6 Å². The van der Waals surface area contributed by atoms with E-state index in [0.29, 0.717) is 44.7 Å². The summed E-state index contributed by atoms with van der Waals surface area (Å²) in [4.78, 5) is 16.6. The lowest BCUT2D eigenvalue weighted by Crippen LogP contribution is -2.34. The van der Waals surface area contributed by atoms with Crippen molar-refractivity contribution in [2.75, 3.05) is 5.32 Å². The molecule has 1 heterocycles. The zero-order chi connectivity index (χ0) is 22.0. The van der Waals surface area contributed by atoms with E-state index in [1.807, 2.05) is 24.3 Å². The number of nitrogens with zero attached hydrogens (tertiary/aromatic N) is 1. The van der Waals surface area contributed by atoms with Crippen LogP contribution in [0.2, 0.25) is 10.0 Å². The number of fused-ring (bicyclic) bond motifs is 1. The molecule has 3 aromatic carbocycles. The molecular weight excluding hydrogens is 460 g/mol. The number of hydrogen-bond acceptors (Lipinski definition) is 4. The smallest absolute Gasteiger partial charge is 0.257 e. The molecule has 0 radical (unpaired) electrons. The highest BCUT2D eigenvalue weighted by Crippen LogP contribution is 2.29. The number of benzene rings is 3. The average molecular weight is 474 g/mol. The van der Waals surface area contributed by atoms with Crippen LogP contribution in [0.5, 0.6) is 0 Å². The summed E-state index contributed by atoms with van der Waals surface area (Å²) in [5, 5.41) is 6.53. The fourth-order valence-electron chi connectivity index (χ4n) is 2.90. The van der Waals surface area contributed by atoms with Crippen LogP contribution in [-0.2, 0) is 6.42 Å². The molecule has 0 saturated carbocycles. The van der Waals surface area contributed by atoms with Crippen LogP contribution in [-0.4, -0.2) is 16.0 Å². The first-order chi connectivity index (χ1) is 14.9. The Morgan fingerprint density at radius 2 is 1.77 bits per heavy atom. The van der Waals surface area contributed by atoms with Gasteiger partial charge in [0.05, 0.1) is 5.02 Å². The molecule has 0 atom stereocenters. The summed E-state index contributed by atoms with van der Waals surface area (Å²) in [5.74, 6) is -0.326. The number of carbonyl (C=O) groups is 1. The van der Waals surface area contributed by atoms with Crippen LogP contribution in [0.25, 0.3) is 11.1 Å². The summed E-state index contributed by atoms with van der Waals surface area (Å²) in [6, 6.07) is 15.9. The lowest BCUT2D eigenvalue weighted by molar-refractivity contribution is 0.0977. The van der Waals surface area contributed by atoms with E-state index in [1.54, 1.807) is 12.1 Å². The summed E-state index contributed by atoms with van der Waals surface area (Å²) < 4.78 is 18.7. The van der Waals surface area contributed by atoms with E-state index in [1.165, 1.54) is 24.3 Å². The zero-order valence-electron chi connectivity index (χ0n) is 15.8. The zero-order valence-corrected chi connectivity index (χ0v) is 18.1. The highest BCUT2D eigenvalue weighted by molar-refractivity contribution is 7.80. The van der Waals surface area contributed by atoms with Crippen molar-refractivity contribution in [1.29, 1.82) is 0 Å². The van der Waals surface area contributed by atoms with E-state index in [2.05, 4.69) is 15.6 Å². The monoisotopic (exact) mass is 473 g/mol. The van der Waals surface area contributed by atoms with Crippen molar-refractivity contribution >= 4 is 63.2 Å². The minimum Gasteiger partial charge on any atom is -0.439 e. The lowest BCUT2D eigenvalue weighted by atomic mass is 10.1. The molecule has 0 aliphatic rings. The number of oxazole rings is 1. The second kappa shape index (κ2) is 9.01. The van der Waals surface area contributed by atoms with Crippen molar-refractivity contribution in [3.05, 3.63) is 93.5 Å². The van der Waals surface area contributed by atoms with Gasteiger partial charge in [0.1, 0.15) is 11.3 Å². The topological polar surface area (TPSA) is 67.2 Å². The van der Waals surface area contributed by atoms with Crippen LogP contribution < -0.4 is 10.6 Å². The number of rotatable bonds is 4. The number of hydrogen-bond donors (Lipinski definition) is 2. The number of carbonyl (C=O) groups excluding carboxylic acids is 1. The first-order valence-electron chi connectivity index (χ1n) is 9.09. The molecule has 4 aromatic rings. The van der Waals surface area contributed by atoms with Crippen LogP contribution in [0.15, 0.2) is 65.1 Å². The third-order valence-electron chi connectivity index (χ3n) is 4.35. The van der Waals surface area contributed by atoms with Crippen molar-refractivity contribution in [2.24, 2.45) is 0 Å². The standard InChI is InChI=1S/C22H14Cl2FN3O2S/c23-14-10-17(24)20-18(11-14)27-19(30-20)9-12-1-7-16(8-2-12)26-22(31)28-21(29)13-3-5-15(25)6-4-13/h1-8,10-11H,9H2,(H2,26,28,29,31). The van der Waals surface area contributed by atoms with E-state index in [0.717, 1.165) is 5.56 Å². The molecule has 0 bridgehead atoms. The molecule has 0 aliphatic carbocycles. The van der Waals surface area contributed by atoms with Gasteiger partial charge < -0.3 is 9.73 Å². The van der Waals surface area contributed by atoms with Crippen LogP contribution in [0, 0.1) is 5.82 Å². The van der Waals surface area contributed by atoms with Crippen molar-refractivity contribution in [2.45, 2.75) is 6.42 Å². The maximum Gasteiger partial charge on any atom is 0.257 e. The molecule has 0 spiro atoms. The molecule has 5 nitrogen and oxygen atoms in total. The van der Waals surface area contributed by atoms with Gasteiger partial charge >= 0.3 is 0 Å². The van der Waals surface area contributed by atoms with Crippen molar-refractivity contribution in [1.82, 2.24) is 10.3 Å². The predicted octanol–water partition coefficient (Wildman–Crippen LogP) is 5.99. The van der Waals surface area contributed by atoms with E-state index < -0.39 is 11.7 Å². The Bertz CT molecular complexity index is 1270. The second-order valence-electron chi connectivity index (χ2n) is 6.63. The minimum absolute atomic E-state index is 0.132. The van der Waals surface area contributed by atoms with Crippen LogP contribution in [0.3, 0.4) is 0 Å². The highest BCUT2D eigenvalue weighted by atomic mass is 35.5. The van der Waals surface area contributed by atoms with E-state index in [9.17, 15) is 9.18 Å². The Kier molecular flexibility index (Phi) is 6.18. The van der Waals surface area contributed by atoms with Gasteiger partial charge in [-0.05, 0) is 66.3 Å². The molecule has 0 fully saturated rings. The van der Waals surface area contributed by atoms with Gasteiger partial charge in [-0.15, -0.1) is 0 Å². The number of nitrogens with one attached hydrogen (secondary N) is 2. The molecule has 0 saturated heterocycles. The molecule has 9 heteroatoms. The highest BCUT2D eigenvalue weighted by Gasteiger charge is 2.12. The van der Waals surface area contributed by atoms with E-state index in [-0.39, 0.29) is 5.11 Å². The number of halogens is 3. The van der Waals surface area contributed by atoms with Gasteiger partial charge in [0, 0.05) is 22.7 Å². The Morgan fingerprint density at radius 3 is 2.48 bits per heavy atom. The Balaban J connectivity index is 1.38. The predicted molar refractivity (Wildman–Crippen MR) is 123 cm³/mol.